The second-order valence-electron chi connectivity index (χ2n) is 7.50. The maximum atomic E-state index is 13.0. The first-order valence-electron chi connectivity index (χ1n) is 10.2. The van der Waals surface area contributed by atoms with E-state index in [9.17, 15) is 19.3 Å². The van der Waals surface area contributed by atoms with Gasteiger partial charge in [0, 0.05) is 44.9 Å². The third-order valence-corrected chi connectivity index (χ3v) is 5.28. The number of hydrogen-bond donors (Lipinski definition) is 0. The molecular formula is C23H22FN3O5. The topological polar surface area (TPSA) is 89.1 Å². The standard InChI is InChI=1S/C23H22FN3O5/c24-18-3-1-17(2-4-18)15-25-11-13-26(14-12-25)23(28)22-10-9-21(32-22)16-31-20-7-5-19(6-8-20)27(29)30/h1-10H,11-16H2. The molecule has 3 aromatic rings. The van der Waals surface area contributed by atoms with Gasteiger partial charge in [0.25, 0.3) is 11.6 Å². The molecule has 8 nitrogen and oxygen atoms in total. The normalized spacial score (nSPS) is 14.3. The molecule has 0 unspecified atom stereocenters. The average Bonchev–Trinajstić information content (AvgIpc) is 3.29. The summed E-state index contributed by atoms with van der Waals surface area (Å²) in [7, 11) is 0. The first-order chi connectivity index (χ1) is 15.5. The van der Waals surface area contributed by atoms with Gasteiger partial charge in [-0.15, -0.1) is 0 Å². The fourth-order valence-electron chi connectivity index (χ4n) is 3.50. The van der Waals surface area contributed by atoms with Gasteiger partial charge >= 0.3 is 0 Å². The van der Waals surface area contributed by atoms with Crippen LogP contribution in [0.4, 0.5) is 10.1 Å². The van der Waals surface area contributed by atoms with Gasteiger partial charge in [-0.2, -0.15) is 0 Å². The van der Waals surface area contributed by atoms with Gasteiger partial charge in [-0.05, 0) is 42.0 Å². The number of carbonyl (C=O) groups is 1. The molecule has 0 N–H and O–H groups in total. The Labute approximate surface area is 184 Å². The summed E-state index contributed by atoms with van der Waals surface area (Å²) in [5.41, 5.74) is 1.02. The molecule has 1 aliphatic heterocycles. The zero-order chi connectivity index (χ0) is 22.5. The Morgan fingerprint density at radius 1 is 1.00 bits per heavy atom. The van der Waals surface area contributed by atoms with Gasteiger partial charge in [-0.25, -0.2) is 4.39 Å². The molecule has 2 heterocycles. The molecule has 1 aliphatic rings. The summed E-state index contributed by atoms with van der Waals surface area (Å²) in [4.78, 5) is 27.0. The van der Waals surface area contributed by atoms with Gasteiger partial charge in [0.15, 0.2) is 5.76 Å². The van der Waals surface area contributed by atoms with E-state index in [1.165, 1.54) is 36.4 Å². The summed E-state index contributed by atoms with van der Waals surface area (Å²) in [5, 5.41) is 10.7. The van der Waals surface area contributed by atoms with Crippen molar-refractivity contribution < 1.29 is 23.3 Å². The van der Waals surface area contributed by atoms with Crippen LogP contribution in [-0.2, 0) is 13.2 Å². The Morgan fingerprint density at radius 2 is 1.69 bits per heavy atom. The Kier molecular flexibility index (Phi) is 6.46. The van der Waals surface area contributed by atoms with Crippen molar-refractivity contribution in [3.05, 3.63) is 93.7 Å². The maximum absolute atomic E-state index is 13.0. The van der Waals surface area contributed by atoms with Crippen LogP contribution in [0.3, 0.4) is 0 Å². The van der Waals surface area contributed by atoms with E-state index in [-0.39, 0.29) is 29.8 Å². The average molecular weight is 439 g/mol. The molecule has 0 radical (unpaired) electrons. The molecule has 1 aromatic heterocycles. The Morgan fingerprint density at radius 3 is 2.34 bits per heavy atom. The van der Waals surface area contributed by atoms with Crippen LogP contribution in [0.25, 0.3) is 0 Å². The molecule has 0 atom stereocenters. The zero-order valence-electron chi connectivity index (χ0n) is 17.3. The molecule has 32 heavy (non-hydrogen) atoms. The van der Waals surface area contributed by atoms with Crippen LogP contribution in [0.5, 0.6) is 5.75 Å². The quantitative estimate of drug-likeness (QED) is 0.410. The van der Waals surface area contributed by atoms with Crippen molar-refractivity contribution in [2.75, 3.05) is 26.2 Å². The second-order valence-corrected chi connectivity index (χ2v) is 7.50. The number of furan rings is 1. The third-order valence-electron chi connectivity index (χ3n) is 5.28. The Bertz CT molecular complexity index is 1070. The van der Waals surface area contributed by atoms with E-state index < -0.39 is 4.92 Å². The van der Waals surface area contributed by atoms with Crippen molar-refractivity contribution >= 4 is 11.6 Å². The minimum Gasteiger partial charge on any atom is -0.486 e. The summed E-state index contributed by atoms with van der Waals surface area (Å²) >= 11 is 0. The van der Waals surface area contributed by atoms with E-state index in [0.29, 0.717) is 31.1 Å². The summed E-state index contributed by atoms with van der Waals surface area (Å²) in [5.74, 6) is 0.784. The molecule has 0 bridgehead atoms. The van der Waals surface area contributed by atoms with Crippen molar-refractivity contribution in [3.8, 4) is 5.75 Å². The number of piperazine rings is 1. The number of non-ortho nitro benzene ring substituents is 1. The molecule has 0 saturated carbocycles. The number of rotatable bonds is 7. The number of carbonyl (C=O) groups excluding carboxylic acids is 1. The lowest BCUT2D eigenvalue weighted by Crippen LogP contribution is -2.48. The van der Waals surface area contributed by atoms with Crippen LogP contribution in [0.1, 0.15) is 21.9 Å². The summed E-state index contributed by atoms with van der Waals surface area (Å²) in [6.07, 6.45) is 0. The predicted octanol–water partition coefficient (Wildman–Crippen LogP) is 3.86. The highest BCUT2D eigenvalue weighted by Gasteiger charge is 2.24. The van der Waals surface area contributed by atoms with E-state index in [2.05, 4.69) is 4.90 Å². The van der Waals surface area contributed by atoms with Crippen molar-refractivity contribution in [1.82, 2.24) is 9.80 Å². The highest BCUT2D eigenvalue weighted by Crippen LogP contribution is 2.20. The van der Waals surface area contributed by atoms with Crippen LogP contribution in [0, 0.1) is 15.9 Å². The third kappa shape index (κ3) is 5.30. The van der Waals surface area contributed by atoms with E-state index in [4.69, 9.17) is 9.15 Å². The lowest BCUT2D eigenvalue weighted by atomic mass is 10.2. The smallest absolute Gasteiger partial charge is 0.289 e. The molecule has 1 fully saturated rings. The van der Waals surface area contributed by atoms with Crippen LogP contribution in [0.2, 0.25) is 0 Å². The van der Waals surface area contributed by atoms with Crippen LogP contribution in [0.15, 0.2) is 65.1 Å². The van der Waals surface area contributed by atoms with Crippen LogP contribution < -0.4 is 4.74 Å². The molecule has 166 valence electrons. The largest absolute Gasteiger partial charge is 0.486 e. The highest BCUT2D eigenvalue weighted by molar-refractivity contribution is 5.91. The van der Waals surface area contributed by atoms with Crippen molar-refractivity contribution in [3.63, 3.8) is 0 Å². The molecule has 0 spiro atoms. The monoisotopic (exact) mass is 439 g/mol. The number of nitrogens with zero attached hydrogens (tertiary/aromatic N) is 3. The fraction of sp³-hybridized carbons (Fsp3) is 0.261. The van der Waals surface area contributed by atoms with Crippen LogP contribution >= 0.6 is 0 Å². The number of hydrogen-bond acceptors (Lipinski definition) is 6. The van der Waals surface area contributed by atoms with E-state index in [1.807, 2.05) is 0 Å². The van der Waals surface area contributed by atoms with E-state index >= 15 is 0 Å². The Balaban J connectivity index is 1.26. The number of nitro benzene ring substituents is 1. The van der Waals surface area contributed by atoms with Gasteiger partial charge in [0.2, 0.25) is 0 Å². The summed E-state index contributed by atoms with van der Waals surface area (Å²) < 4.78 is 24.3. The Hall–Kier alpha value is -3.72. The fourth-order valence-corrected chi connectivity index (χ4v) is 3.50. The minimum atomic E-state index is -0.475. The second kappa shape index (κ2) is 9.61. The lowest BCUT2D eigenvalue weighted by Gasteiger charge is -2.34. The van der Waals surface area contributed by atoms with Gasteiger partial charge in [0.1, 0.15) is 23.9 Å². The van der Waals surface area contributed by atoms with Gasteiger partial charge < -0.3 is 14.1 Å². The number of halogens is 1. The maximum Gasteiger partial charge on any atom is 0.289 e. The molecular weight excluding hydrogens is 417 g/mol. The molecule has 1 amide bonds. The van der Waals surface area contributed by atoms with Crippen LogP contribution in [-0.4, -0.2) is 46.8 Å². The van der Waals surface area contributed by atoms with Gasteiger partial charge in [-0.1, -0.05) is 12.1 Å². The zero-order valence-corrected chi connectivity index (χ0v) is 17.3. The predicted molar refractivity (Wildman–Crippen MR) is 114 cm³/mol. The lowest BCUT2D eigenvalue weighted by molar-refractivity contribution is -0.384. The SMILES string of the molecule is O=C(c1ccc(COc2ccc([N+](=O)[O-])cc2)o1)N1CCN(Cc2ccc(F)cc2)CC1. The van der Waals surface area contributed by atoms with Crippen molar-refractivity contribution in [2.45, 2.75) is 13.2 Å². The number of benzene rings is 2. The van der Waals surface area contributed by atoms with Crippen molar-refractivity contribution in [2.24, 2.45) is 0 Å². The van der Waals surface area contributed by atoms with Crippen molar-refractivity contribution in [1.29, 1.82) is 0 Å². The minimum absolute atomic E-state index is 0.0130. The molecule has 1 saturated heterocycles. The highest BCUT2D eigenvalue weighted by atomic mass is 19.1. The van der Waals surface area contributed by atoms with E-state index in [1.54, 1.807) is 29.2 Å². The molecule has 0 aliphatic carbocycles. The first-order valence-corrected chi connectivity index (χ1v) is 10.2. The summed E-state index contributed by atoms with van der Waals surface area (Å²) in [6, 6.07) is 15.5. The first kappa shape index (κ1) is 21.5. The molecule has 4 rings (SSSR count). The number of ether oxygens (including phenoxy) is 1. The number of nitro groups is 1. The number of amides is 1. The molecule has 9 heteroatoms. The summed E-state index contributed by atoms with van der Waals surface area (Å²) in [6.45, 7) is 3.42. The molecule has 2 aromatic carbocycles. The van der Waals surface area contributed by atoms with Gasteiger partial charge in [0.05, 0.1) is 4.92 Å². The van der Waals surface area contributed by atoms with E-state index in [0.717, 1.165) is 18.7 Å². The van der Waals surface area contributed by atoms with Gasteiger partial charge in [-0.3, -0.25) is 19.8 Å².